The fourth-order valence-electron chi connectivity index (χ4n) is 2.13. The molecule has 1 heterocycles. The van der Waals surface area contributed by atoms with Crippen LogP contribution in [-0.2, 0) is 19.0 Å². The number of hydrogen-bond donors (Lipinski definition) is 2. The van der Waals surface area contributed by atoms with Gasteiger partial charge in [0.25, 0.3) is 0 Å². The standard InChI is InChI=1S/C13H25NO5/c1-17-7-8-19-10-9-18-6-5-11-3-2-4-12(14-11)13(15)16/h11-12,14H,2-10H2,1H3,(H,15,16). The van der Waals surface area contributed by atoms with E-state index >= 15 is 0 Å². The molecule has 1 aliphatic rings. The van der Waals surface area contributed by atoms with E-state index in [0.717, 1.165) is 25.7 Å². The molecule has 112 valence electrons. The second-order valence-electron chi connectivity index (χ2n) is 4.69. The summed E-state index contributed by atoms with van der Waals surface area (Å²) in [5, 5.41) is 12.1. The number of carboxylic acid groups (broad SMARTS) is 1. The molecule has 0 aromatic carbocycles. The highest BCUT2D eigenvalue weighted by Crippen LogP contribution is 2.15. The van der Waals surface area contributed by atoms with Gasteiger partial charge in [-0.05, 0) is 25.7 Å². The van der Waals surface area contributed by atoms with Crippen LogP contribution in [0.4, 0.5) is 0 Å². The zero-order valence-corrected chi connectivity index (χ0v) is 11.6. The third-order valence-corrected chi connectivity index (χ3v) is 3.19. The minimum absolute atomic E-state index is 0.254. The first kappa shape index (κ1) is 16.4. The molecule has 1 fully saturated rings. The molecule has 0 radical (unpaired) electrons. The fourth-order valence-corrected chi connectivity index (χ4v) is 2.13. The average molecular weight is 275 g/mol. The molecule has 19 heavy (non-hydrogen) atoms. The van der Waals surface area contributed by atoms with Gasteiger partial charge in [0, 0.05) is 19.8 Å². The first-order valence-electron chi connectivity index (χ1n) is 6.87. The molecule has 2 unspecified atom stereocenters. The van der Waals surface area contributed by atoms with Crippen LogP contribution in [0.25, 0.3) is 0 Å². The number of piperidine rings is 1. The van der Waals surface area contributed by atoms with E-state index < -0.39 is 12.0 Å². The topological polar surface area (TPSA) is 77.0 Å². The third kappa shape index (κ3) is 7.47. The molecule has 6 heteroatoms. The van der Waals surface area contributed by atoms with Gasteiger partial charge in [0.15, 0.2) is 0 Å². The van der Waals surface area contributed by atoms with Gasteiger partial charge in [0.05, 0.1) is 26.4 Å². The van der Waals surface area contributed by atoms with Crippen molar-refractivity contribution in [1.82, 2.24) is 5.32 Å². The van der Waals surface area contributed by atoms with Gasteiger partial charge in [-0.25, -0.2) is 0 Å². The van der Waals surface area contributed by atoms with Crippen LogP contribution in [0.15, 0.2) is 0 Å². The lowest BCUT2D eigenvalue weighted by molar-refractivity contribution is -0.140. The van der Waals surface area contributed by atoms with Gasteiger partial charge in [-0.15, -0.1) is 0 Å². The van der Waals surface area contributed by atoms with Crippen molar-refractivity contribution in [2.24, 2.45) is 0 Å². The highest BCUT2D eigenvalue weighted by atomic mass is 16.5. The quantitative estimate of drug-likeness (QED) is 0.570. The highest BCUT2D eigenvalue weighted by molar-refractivity contribution is 5.73. The number of rotatable bonds is 10. The fraction of sp³-hybridized carbons (Fsp3) is 0.923. The number of methoxy groups -OCH3 is 1. The van der Waals surface area contributed by atoms with Gasteiger partial charge in [0.1, 0.15) is 6.04 Å². The van der Waals surface area contributed by atoms with Gasteiger partial charge >= 0.3 is 5.97 Å². The average Bonchev–Trinajstić information content (AvgIpc) is 2.42. The Morgan fingerprint density at radius 1 is 1.16 bits per heavy atom. The number of hydrogen-bond acceptors (Lipinski definition) is 5. The number of carbonyl (C=O) groups is 1. The van der Waals surface area contributed by atoms with E-state index in [1.807, 2.05) is 0 Å². The van der Waals surface area contributed by atoms with E-state index in [4.69, 9.17) is 19.3 Å². The lowest BCUT2D eigenvalue weighted by atomic mass is 9.97. The van der Waals surface area contributed by atoms with E-state index in [-0.39, 0.29) is 6.04 Å². The molecule has 0 amide bonds. The molecule has 2 atom stereocenters. The minimum atomic E-state index is -0.753. The molecule has 6 nitrogen and oxygen atoms in total. The molecule has 1 aliphatic heterocycles. The van der Waals surface area contributed by atoms with Crippen molar-refractivity contribution in [3.8, 4) is 0 Å². The molecule has 1 rings (SSSR count). The van der Waals surface area contributed by atoms with E-state index in [9.17, 15) is 4.79 Å². The second-order valence-corrected chi connectivity index (χ2v) is 4.69. The molecule has 0 saturated carbocycles. The van der Waals surface area contributed by atoms with Crippen LogP contribution in [0.5, 0.6) is 0 Å². The van der Waals surface area contributed by atoms with Crippen molar-refractivity contribution >= 4 is 5.97 Å². The molecule has 0 bridgehead atoms. The molecule has 2 N–H and O–H groups in total. The smallest absolute Gasteiger partial charge is 0.320 e. The summed E-state index contributed by atoms with van der Waals surface area (Å²) in [7, 11) is 1.64. The summed E-state index contributed by atoms with van der Waals surface area (Å²) in [6.45, 7) is 2.96. The summed E-state index contributed by atoms with van der Waals surface area (Å²) in [5.74, 6) is -0.753. The summed E-state index contributed by atoms with van der Waals surface area (Å²) in [6, 6.07) is -0.139. The number of aliphatic carboxylic acids is 1. The second kappa shape index (κ2) is 10.1. The Balaban J connectivity index is 1.95. The van der Waals surface area contributed by atoms with E-state index in [1.165, 1.54) is 0 Å². The highest BCUT2D eigenvalue weighted by Gasteiger charge is 2.25. The van der Waals surface area contributed by atoms with E-state index in [1.54, 1.807) is 7.11 Å². The van der Waals surface area contributed by atoms with Crippen LogP contribution in [0.3, 0.4) is 0 Å². The van der Waals surface area contributed by atoms with E-state index in [2.05, 4.69) is 5.32 Å². The predicted octanol–water partition coefficient (Wildman–Crippen LogP) is 0.651. The minimum Gasteiger partial charge on any atom is -0.480 e. The van der Waals surface area contributed by atoms with Gasteiger partial charge in [-0.1, -0.05) is 0 Å². The zero-order valence-electron chi connectivity index (χ0n) is 11.6. The summed E-state index contributed by atoms with van der Waals surface area (Å²) in [6.07, 6.45) is 3.56. The maximum Gasteiger partial charge on any atom is 0.320 e. The first-order chi connectivity index (χ1) is 9.24. The Labute approximate surface area is 114 Å². The first-order valence-corrected chi connectivity index (χ1v) is 6.87. The summed E-state index contributed by atoms with van der Waals surface area (Å²) >= 11 is 0. The van der Waals surface area contributed by atoms with Crippen LogP contribution in [0, 0.1) is 0 Å². The van der Waals surface area contributed by atoms with Gasteiger partial charge in [0.2, 0.25) is 0 Å². The molecule has 0 aromatic heterocycles. The van der Waals surface area contributed by atoms with Crippen LogP contribution in [-0.4, -0.2) is 63.3 Å². The van der Waals surface area contributed by atoms with Crippen molar-refractivity contribution in [3.05, 3.63) is 0 Å². The normalized spacial score (nSPS) is 23.4. The summed E-state index contributed by atoms with van der Waals surface area (Å²) in [4.78, 5) is 10.9. The van der Waals surface area contributed by atoms with Gasteiger partial charge < -0.3 is 24.6 Å². The maximum absolute atomic E-state index is 10.9. The third-order valence-electron chi connectivity index (χ3n) is 3.19. The Morgan fingerprint density at radius 2 is 1.84 bits per heavy atom. The van der Waals surface area contributed by atoms with E-state index in [0.29, 0.717) is 33.0 Å². The Bertz CT molecular complexity index is 249. The van der Waals surface area contributed by atoms with Crippen LogP contribution < -0.4 is 5.32 Å². The van der Waals surface area contributed by atoms with Crippen LogP contribution in [0.2, 0.25) is 0 Å². The van der Waals surface area contributed by atoms with Crippen molar-refractivity contribution in [2.75, 3.05) is 40.1 Å². The van der Waals surface area contributed by atoms with Gasteiger partial charge in [-0.2, -0.15) is 0 Å². The number of ether oxygens (including phenoxy) is 3. The lowest BCUT2D eigenvalue weighted by Gasteiger charge is -2.28. The Hall–Kier alpha value is -0.690. The monoisotopic (exact) mass is 275 g/mol. The zero-order chi connectivity index (χ0) is 13.9. The Morgan fingerprint density at radius 3 is 2.53 bits per heavy atom. The number of nitrogens with one attached hydrogen (secondary N) is 1. The van der Waals surface area contributed by atoms with Gasteiger partial charge in [-0.3, -0.25) is 4.79 Å². The molecule has 1 saturated heterocycles. The SMILES string of the molecule is COCCOCCOCCC1CCCC(C(=O)O)N1. The largest absolute Gasteiger partial charge is 0.480 e. The summed E-state index contributed by atoms with van der Waals surface area (Å²) in [5.41, 5.74) is 0. The predicted molar refractivity (Wildman–Crippen MR) is 70.3 cm³/mol. The molecule has 0 spiro atoms. The maximum atomic E-state index is 10.9. The molecular weight excluding hydrogens is 250 g/mol. The molecule has 0 aromatic rings. The van der Waals surface area contributed by atoms with Crippen molar-refractivity contribution in [3.63, 3.8) is 0 Å². The molecular formula is C13H25NO5. The molecule has 0 aliphatic carbocycles. The summed E-state index contributed by atoms with van der Waals surface area (Å²) < 4.78 is 15.6. The number of carboxylic acids is 1. The van der Waals surface area contributed by atoms with Crippen molar-refractivity contribution in [1.29, 1.82) is 0 Å². The lowest BCUT2D eigenvalue weighted by Crippen LogP contribution is -2.47. The van der Waals surface area contributed by atoms with Crippen LogP contribution >= 0.6 is 0 Å². The van der Waals surface area contributed by atoms with Crippen molar-refractivity contribution < 1.29 is 24.1 Å². The van der Waals surface area contributed by atoms with Crippen molar-refractivity contribution in [2.45, 2.75) is 37.8 Å². The Kier molecular flexibility index (Phi) is 8.73. The van der Waals surface area contributed by atoms with Crippen LogP contribution in [0.1, 0.15) is 25.7 Å².